The number of halogens is 1. The monoisotopic (exact) mass is 270 g/mol. The Bertz CT molecular complexity index is 657. The molecule has 94 valence electrons. The van der Waals surface area contributed by atoms with E-state index in [0.717, 1.165) is 5.56 Å². The zero-order valence-corrected chi connectivity index (χ0v) is 11.0. The summed E-state index contributed by atoms with van der Waals surface area (Å²) in [5.74, 6) is -0.208. The molecule has 0 aliphatic rings. The fourth-order valence-corrected chi connectivity index (χ4v) is 1.81. The van der Waals surface area contributed by atoms with Crippen molar-refractivity contribution in [3.8, 4) is 6.07 Å². The van der Waals surface area contributed by atoms with E-state index in [0.29, 0.717) is 21.8 Å². The van der Waals surface area contributed by atoms with Crippen molar-refractivity contribution in [1.29, 1.82) is 5.26 Å². The number of carbonyl (C=O) groups excluding carboxylic acids is 1. The largest absolute Gasteiger partial charge is 0.322 e. The van der Waals surface area contributed by atoms with Crippen LogP contribution in [0.5, 0.6) is 0 Å². The molecule has 0 fully saturated rings. The highest BCUT2D eigenvalue weighted by molar-refractivity contribution is 6.32. The Hall–Kier alpha value is -2.31. The molecule has 0 spiro atoms. The Morgan fingerprint density at radius 1 is 1.21 bits per heavy atom. The van der Waals surface area contributed by atoms with Gasteiger partial charge in [-0.1, -0.05) is 29.3 Å². The first kappa shape index (κ1) is 13.1. The van der Waals surface area contributed by atoms with Gasteiger partial charge in [0.15, 0.2) is 0 Å². The quantitative estimate of drug-likeness (QED) is 0.903. The lowest BCUT2D eigenvalue weighted by Gasteiger charge is -2.06. The van der Waals surface area contributed by atoms with Gasteiger partial charge in [0.05, 0.1) is 10.6 Å². The van der Waals surface area contributed by atoms with Crippen molar-refractivity contribution in [2.45, 2.75) is 6.92 Å². The van der Waals surface area contributed by atoms with Gasteiger partial charge in [-0.3, -0.25) is 4.79 Å². The number of benzene rings is 2. The van der Waals surface area contributed by atoms with Gasteiger partial charge in [0.25, 0.3) is 5.91 Å². The molecule has 0 radical (unpaired) electrons. The second-order valence-electron chi connectivity index (χ2n) is 4.13. The van der Waals surface area contributed by atoms with E-state index in [-0.39, 0.29) is 5.91 Å². The summed E-state index contributed by atoms with van der Waals surface area (Å²) in [6, 6.07) is 14.0. The third kappa shape index (κ3) is 3.12. The van der Waals surface area contributed by atoms with Crippen LogP contribution in [-0.4, -0.2) is 5.91 Å². The highest BCUT2D eigenvalue weighted by Crippen LogP contribution is 2.20. The lowest BCUT2D eigenvalue weighted by atomic mass is 10.1. The van der Waals surface area contributed by atoms with Gasteiger partial charge in [0.2, 0.25) is 0 Å². The number of hydrogen-bond acceptors (Lipinski definition) is 2. The van der Waals surface area contributed by atoms with Crippen molar-refractivity contribution in [3.63, 3.8) is 0 Å². The minimum absolute atomic E-state index is 0.208. The van der Waals surface area contributed by atoms with Crippen LogP contribution in [-0.2, 0) is 0 Å². The molecule has 0 saturated carbocycles. The molecular weight excluding hydrogens is 260 g/mol. The SMILES string of the molecule is Cc1ccc(C(=O)Nc2ccc(C#N)c(Cl)c2)cc1. The van der Waals surface area contributed by atoms with Crippen molar-refractivity contribution < 1.29 is 4.79 Å². The second-order valence-corrected chi connectivity index (χ2v) is 4.53. The first-order valence-corrected chi connectivity index (χ1v) is 6.05. The van der Waals surface area contributed by atoms with Gasteiger partial charge >= 0.3 is 0 Å². The molecule has 0 bridgehead atoms. The predicted octanol–water partition coefficient (Wildman–Crippen LogP) is 3.77. The zero-order chi connectivity index (χ0) is 13.8. The first-order chi connectivity index (χ1) is 9.10. The molecule has 0 atom stereocenters. The average Bonchev–Trinajstić information content (AvgIpc) is 2.39. The number of hydrogen-bond donors (Lipinski definition) is 1. The molecular formula is C15H11ClN2O. The van der Waals surface area contributed by atoms with E-state index in [1.807, 2.05) is 25.1 Å². The number of aryl methyl sites for hydroxylation is 1. The average molecular weight is 271 g/mol. The standard InChI is InChI=1S/C15H11ClN2O/c1-10-2-4-11(5-3-10)15(19)18-13-7-6-12(9-17)14(16)8-13/h2-8H,1H3,(H,18,19). The molecule has 0 aliphatic carbocycles. The Kier molecular flexibility index (Phi) is 3.84. The summed E-state index contributed by atoms with van der Waals surface area (Å²) < 4.78 is 0. The molecule has 0 aromatic heterocycles. The van der Waals surface area contributed by atoms with E-state index in [9.17, 15) is 4.79 Å². The number of nitrogens with one attached hydrogen (secondary N) is 1. The van der Waals surface area contributed by atoms with Crippen LogP contribution in [0.1, 0.15) is 21.5 Å². The van der Waals surface area contributed by atoms with Crippen LogP contribution < -0.4 is 5.32 Å². The van der Waals surface area contributed by atoms with Gasteiger partial charge in [-0.05, 0) is 37.3 Å². The lowest BCUT2D eigenvalue weighted by Crippen LogP contribution is -2.11. The Morgan fingerprint density at radius 2 is 1.89 bits per heavy atom. The Labute approximate surface area is 116 Å². The number of amides is 1. The highest BCUT2D eigenvalue weighted by Gasteiger charge is 2.07. The maximum Gasteiger partial charge on any atom is 0.255 e. The fraction of sp³-hybridized carbons (Fsp3) is 0.0667. The first-order valence-electron chi connectivity index (χ1n) is 5.68. The second kappa shape index (κ2) is 5.55. The molecule has 19 heavy (non-hydrogen) atoms. The zero-order valence-electron chi connectivity index (χ0n) is 10.3. The van der Waals surface area contributed by atoms with Crippen molar-refractivity contribution in [1.82, 2.24) is 0 Å². The Balaban J connectivity index is 2.17. The third-order valence-corrected chi connectivity index (χ3v) is 2.97. The molecule has 0 saturated heterocycles. The van der Waals surface area contributed by atoms with E-state index in [2.05, 4.69) is 5.32 Å². The molecule has 2 rings (SSSR count). The maximum atomic E-state index is 12.0. The van der Waals surface area contributed by atoms with Gasteiger partial charge in [0, 0.05) is 11.3 Å². The van der Waals surface area contributed by atoms with Crippen LogP contribution in [0.15, 0.2) is 42.5 Å². The molecule has 0 aliphatic heterocycles. The van der Waals surface area contributed by atoms with Crippen molar-refractivity contribution >= 4 is 23.2 Å². The molecule has 2 aromatic carbocycles. The summed E-state index contributed by atoms with van der Waals surface area (Å²) in [5.41, 5.74) is 2.62. The third-order valence-electron chi connectivity index (χ3n) is 2.66. The summed E-state index contributed by atoms with van der Waals surface area (Å²) in [6.45, 7) is 1.96. The van der Waals surface area contributed by atoms with Crippen molar-refractivity contribution in [3.05, 3.63) is 64.2 Å². The number of nitriles is 1. The van der Waals surface area contributed by atoms with E-state index in [4.69, 9.17) is 16.9 Å². The van der Waals surface area contributed by atoms with Crippen LogP contribution in [0.2, 0.25) is 5.02 Å². The van der Waals surface area contributed by atoms with Crippen molar-refractivity contribution in [2.75, 3.05) is 5.32 Å². The smallest absolute Gasteiger partial charge is 0.255 e. The van der Waals surface area contributed by atoms with Gasteiger partial charge in [0.1, 0.15) is 6.07 Å². The van der Waals surface area contributed by atoms with Crippen LogP contribution in [0.25, 0.3) is 0 Å². The minimum Gasteiger partial charge on any atom is -0.322 e. The molecule has 0 heterocycles. The predicted molar refractivity (Wildman–Crippen MR) is 75.3 cm³/mol. The summed E-state index contributed by atoms with van der Waals surface area (Å²) >= 11 is 5.91. The lowest BCUT2D eigenvalue weighted by molar-refractivity contribution is 0.102. The van der Waals surface area contributed by atoms with Gasteiger partial charge in [-0.25, -0.2) is 0 Å². The van der Waals surface area contributed by atoms with Crippen molar-refractivity contribution in [2.24, 2.45) is 0 Å². The Morgan fingerprint density at radius 3 is 2.47 bits per heavy atom. The molecule has 1 N–H and O–H groups in total. The molecule has 3 nitrogen and oxygen atoms in total. The number of nitrogens with zero attached hydrogens (tertiary/aromatic N) is 1. The highest BCUT2D eigenvalue weighted by atomic mass is 35.5. The normalized spacial score (nSPS) is 9.74. The van der Waals surface area contributed by atoms with Gasteiger partial charge < -0.3 is 5.32 Å². The summed E-state index contributed by atoms with van der Waals surface area (Å²) in [5, 5.41) is 11.8. The summed E-state index contributed by atoms with van der Waals surface area (Å²) in [7, 11) is 0. The van der Waals surface area contributed by atoms with E-state index >= 15 is 0 Å². The molecule has 4 heteroatoms. The minimum atomic E-state index is -0.208. The van der Waals surface area contributed by atoms with E-state index < -0.39 is 0 Å². The number of anilines is 1. The van der Waals surface area contributed by atoms with Crippen LogP contribution in [0.3, 0.4) is 0 Å². The number of rotatable bonds is 2. The summed E-state index contributed by atoms with van der Waals surface area (Å²) in [4.78, 5) is 12.0. The molecule has 0 unspecified atom stereocenters. The van der Waals surface area contributed by atoms with E-state index in [1.54, 1.807) is 30.3 Å². The van der Waals surface area contributed by atoms with Gasteiger partial charge in [-0.2, -0.15) is 5.26 Å². The molecule has 2 aromatic rings. The van der Waals surface area contributed by atoms with E-state index in [1.165, 1.54) is 0 Å². The van der Waals surface area contributed by atoms with Gasteiger partial charge in [-0.15, -0.1) is 0 Å². The molecule has 1 amide bonds. The summed E-state index contributed by atoms with van der Waals surface area (Å²) in [6.07, 6.45) is 0. The van der Waals surface area contributed by atoms with Crippen LogP contribution in [0, 0.1) is 18.3 Å². The fourth-order valence-electron chi connectivity index (χ4n) is 1.59. The number of carbonyl (C=O) groups is 1. The topological polar surface area (TPSA) is 52.9 Å². The van der Waals surface area contributed by atoms with Crippen LogP contribution in [0.4, 0.5) is 5.69 Å². The van der Waals surface area contributed by atoms with Crippen LogP contribution >= 0.6 is 11.6 Å². The maximum absolute atomic E-state index is 12.0.